The van der Waals surface area contributed by atoms with Crippen molar-refractivity contribution in [3.05, 3.63) is 37.8 Å². The van der Waals surface area contributed by atoms with Gasteiger partial charge in [-0.2, -0.15) is 0 Å². The second-order valence-corrected chi connectivity index (χ2v) is 5.61. The maximum atomic E-state index is 13.5. The molecule has 18 heavy (non-hydrogen) atoms. The minimum Gasteiger partial charge on any atom is -0.372 e. The van der Waals surface area contributed by atoms with E-state index < -0.39 is 0 Å². The second-order valence-electron chi connectivity index (χ2n) is 3.67. The molecule has 0 atom stereocenters. The van der Waals surface area contributed by atoms with Crippen LogP contribution in [0.2, 0.25) is 0 Å². The molecule has 94 valence electrons. The average Bonchev–Trinajstić information content (AvgIpc) is 2.36. The van der Waals surface area contributed by atoms with Gasteiger partial charge in [0.25, 0.3) is 0 Å². The van der Waals surface area contributed by atoms with E-state index in [1.807, 2.05) is 6.92 Å². The molecule has 0 aliphatic rings. The molecule has 0 unspecified atom stereocenters. The molecule has 2 rings (SSSR count). The summed E-state index contributed by atoms with van der Waals surface area (Å²) >= 11 is 5.31. The van der Waals surface area contributed by atoms with E-state index in [1.54, 1.807) is 19.2 Å². The fourth-order valence-electron chi connectivity index (χ4n) is 1.49. The minimum absolute atomic E-state index is 0.321. The quantitative estimate of drug-likeness (QED) is 0.744. The Bertz CT molecular complexity index is 604. The highest BCUT2D eigenvalue weighted by Gasteiger charge is 2.11. The largest absolute Gasteiger partial charge is 0.372 e. The molecule has 0 radical (unpaired) electrons. The van der Waals surface area contributed by atoms with Crippen LogP contribution in [0.5, 0.6) is 0 Å². The number of halogens is 3. The van der Waals surface area contributed by atoms with E-state index >= 15 is 0 Å². The average molecular weight is 422 g/mol. The van der Waals surface area contributed by atoms with E-state index in [1.165, 1.54) is 6.07 Å². The predicted octanol–water partition coefficient (Wildman–Crippen LogP) is 4.00. The lowest BCUT2D eigenvalue weighted by Gasteiger charge is -2.09. The topological polar surface area (TPSA) is 37.8 Å². The number of aromatic nitrogens is 2. The van der Waals surface area contributed by atoms with Crippen molar-refractivity contribution in [1.29, 1.82) is 0 Å². The Labute approximate surface area is 127 Å². The van der Waals surface area contributed by atoms with E-state index in [0.717, 1.165) is 15.1 Å². The van der Waals surface area contributed by atoms with Crippen LogP contribution in [0.3, 0.4) is 0 Å². The summed E-state index contributed by atoms with van der Waals surface area (Å²) in [5.74, 6) is 0.948. The highest BCUT2D eigenvalue weighted by molar-refractivity contribution is 14.1. The van der Waals surface area contributed by atoms with Crippen molar-refractivity contribution in [3.8, 4) is 11.4 Å². The van der Waals surface area contributed by atoms with Gasteiger partial charge in [0.15, 0.2) is 5.82 Å². The van der Waals surface area contributed by atoms with Gasteiger partial charge in [0.1, 0.15) is 11.6 Å². The molecule has 1 aromatic carbocycles. The molecule has 0 amide bonds. The van der Waals surface area contributed by atoms with Crippen LogP contribution in [-0.2, 0) is 0 Å². The number of benzene rings is 1. The number of nitrogens with zero attached hydrogens (tertiary/aromatic N) is 2. The Kier molecular flexibility index (Phi) is 4.16. The van der Waals surface area contributed by atoms with Gasteiger partial charge in [-0.1, -0.05) is 0 Å². The maximum Gasteiger partial charge on any atom is 0.161 e. The van der Waals surface area contributed by atoms with Gasteiger partial charge in [-0.15, -0.1) is 0 Å². The Balaban J connectivity index is 2.57. The van der Waals surface area contributed by atoms with Crippen LogP contribution in [0.15, 0.2) is 22.7 Å². The van der Waals surface area contributed by atoms with E-state index in [9.17, 15) is 4.39 Å². The summed E-state index contributed by atoms with van der Waals surface area (Å²) in [5.41, 5.74) is 1.53. The van der Waals surface area contributed by atoms with E-state index in [-0.39, 0.29) is 5.82 Å². The SMILES string of the molecule is CNc1nc(-c2ccc(Br)c(F)c2)nc(C)c1I. The zero-order valence-electron chi connectivity index (χ0n) is 9.76. The molecule has 0 bridgehead atoms. The first kappa shape index (κ1) is 13.7. The summed E-state index contributed by atoms with van der Waals surface area (Å²) in [6.45, 7) is 1.91. The van der Waals surface area contributed by atoms with Gasteiger partial charge >= 0.3 is 0 Å². The van der Waals surface area contributed by atoms with Crippen molar-refractivity contribution in [3.63, 3.8) is 0 Å². The monoisotopic (exact) mass is 421 g/mol. The Hall–Kier alpha value is -0.760. The minimum atomic E-state index is -0.321. The first-order valence-corrected chi connectivity index (χ1v) is 7.07. The molecule has 0 saturated carbocycles. The molecule has 1 aromatic heterocycles. The third kappa shape index (κ3) is 2.64. The van der Waals surface area contributed by atoms with Gasteiger partial charge in [-0.05, 0) is 63.6 Å². The number of rotatable bonds is 2. The van der Waals surface area contributed by atoms with Gasteiger partial charge in [0.2, 0.25) is 0 Å². The first-order chi connectivity index (χ1) is 8.52. The Morgan fingerprint density at radius 1 is 1.33 bits per heavy atom. The van der Waals surface area contributed by atoms with Gasteiger partial charge in [-0.25, -0.2) is 14.4 Å². The Morgan fingerprint density at radius 3 is 2.67 bits per heavy atom. The van der Waals surface area contributed by atoms with Crippen molar-refractivity contribution < 1.29 is 4.39 Å². The van der Waals surface area contributed by atoms with Gasteiger partial charge in [0, 0.05) is 12.6 Å². The molecule has 0 aliphatic heterocycles. The lowest BCUT2D eigenvalue weighted by molar-refractivity contribution is 0.621. The molecular formula is C12H10BrFIN3. The molecular weight excluding hydrogens is 412 g/mol. The second kappa shape index (κ2) is 5.48. The summed E-state index contributed by atoms with van der Waals surface area (Å²) in [5, 5.41) is 3.01. The summed E-state index contributed by atoms with van der Waals surface area (Å²) in [7, 11) is 1.80. The zero-order chi connectivity index (χ0) is 13.3. The van der Waals surface area contributed by atoms with Crippen molar-refractivity contribution in [2.24, 2.45) is 0 Å². The fourth-order valence-corrected chi connectivity index (χ4v) is 2.25. The molecule has 1 heterocycles. The van der Waals surface area contributed by atoms with Gasteiger partial charge < -0.3 is 5.32 Å². The predicted molar refractivity (Wildman–Crippen MR) is 82.1 cm³/mol. The van der Waals surface area contributed by atoms with Crippen LogP contribution < -0.4 is 5.32 Å². The molecule has 3 nitrogen and oxygen atoms in total. The molecule has 0 aliphatic carbocycles. The molecule has 0 fully saturated rings. The maximum absolute atomic E-state index is 13.5. The van der Waals surface area contributed by atoms with Crippen LogP contribution in [-0.4, -0.2) is 17.0 Å². The zero-order valence-corrected chi connectivity index (χ0v) is 13.5. The molecule has 1 N–H and O–H groups in total. The third-order valence-electron chi connectivity index (χ3n) is 2.43. The number of anilines is 1. The van der Waals surface area contributed by atoms with Crippen molar-refractivity contribution in [2.45, 2.75) is 6.92 Å². The molecule has 0 saturated heterocycles. The van der Waals surface area contributed by atoms with Crippen molar-refractivity contribution in [1.82, 2.24) is 9.97 Å². The highest BCUT2D eigenvalue weighted by atomic mass is 127. The number of aryl methyl sites for hydroxylation is 1. The van der Waals surface area contributed by atoms with Crippen LogP contribution in [0.4, 0.5) is 10.2 Å². The fraction of sp³-hybridized carbons (Fsp3) is 0.167. The number of nitrogens with one attached hydrogen (secondary N) is 1. The van der Waals surface area contributed by atoms with Crippen LogP contribution in [0.25, 0.3) is 11.4 Å². The highest BCUT2D eigenvalue weighted by Crippen LogP contribution is 2.25. The van der Waals surface area contributed by atoms with Crippen LogP contribution in [0, 0.1) is 16.3 Å². The molecule has 2 aromatic rings. The summed E-state index contributed by atoms with van der Waals surface area (Å²) in [4.78, 5) is 8.76. The van der Waals surface area contributed by atoms with Crippen LogP contribution >= 0.6 is 38.5 Å². The number of hydrogen-bond donors (Lipinski definition) is 1. The smallest absolute Gasteiger partial charge is 0.161 e. The standard InChI is InChI=1S/C12H10BrFIN3/c1-6-10(15)12(16-2)18-11(17-6)7-3-4-8(13)9(14)5-7/h3-5H,1-2H3,(H,16,17,18). The third-order valence-corrected chi connectivity index (χ3v) is 4.37. The first-order valence-electron chi connectivity index (χ1n) is 5.20. The Morgan fingerprint density at radius 2 is 2.06 bits per heavy atom. The summed E-state index contributed by atoms with van der Waals surface area (Å²) in [6, 6.07) is 4.86. The van der Waals surface area contributed by atoms with Gasteiger partial charge in [-0.3, -0.25) is 0 Å². The van der Waals surface area contributed by atoms with E-state index in [4.69, 9.17) is 0 Å². The van der Waals surface area contributed by atoms with E-state index in [2.05, 4.69) is 53.8 Å². The normalized spacial score (nSPS) is 10.5. The lowest BCUT2D eigenvalue weighted by atomic mass is 10.2. The van der Waals surface area contributed by atoms with Crippen molar-refractivity contribution >= 4 is 44.3 Å². The molecule has 0 spiro atoms. The molecule has 6 heteroatoms. The lowest BCUT2D eigenvalue weighted by Crippen LogP contribution is -2.02. The summed E-state index contributed by atoms with van der Waals surface area (Å²) < 4.78 is 14.9. The van der Waals surface area contributed by atoms with Crippen LogP contribution in [0.1, 0.15) is 5.69 Å². The van der Waals surface area contributed by atoms with E-state index in [0.29, 0.717) is 15.9 Å². The van der Waals surface area contributed by atoms with Gasteiger partial charge in [0.05, 0.1) is 13.7 Å². The van der Waals surface area contributed by atoms with Crippen molar-refractivity contribution in [2.75, 3.05) is 12.4 Å². The summed E-state index contributed by atoms with van der Waals surface area (Å²) in [6.07, 6.45) is 0. The number of hydrogen-bond acceptors (Lipinski definition) is 3.